The first-order valence-electron chi connectivity index (χ1n) is 7.67. The molecule has 0 radical (unpaired) electrons. The van der Waals surface area contributed by atoms with E-state index in [9.17, 15) is 5.11 Å². The molecule has 2 N–H and O–H groups in total. The summed E-state index contributed by atoms with van der Waals surface area (Å²) in [4.78, 5) is 4.61. The normalized spacial score (nSPS) is 27.2. The van der Waals surface area contributed by atoms with Gasteiger partial charge in [0.15, 0.2) is 0 Å². The van der Waals surface area contributed by atoms with E-state index in [2.05, 4.69) is 22.8 Å². The zero-order chi connectivity index (χ0) is 14.8. The molecule has 0 spiro atoms. The molecular formula is C16H24N2O3. The Bertz CT molecular complexity index is 486. The second-order valence-corrected chi connectivity index (χ2v) is 5.97. The van der Waals surface area contributed by atoms with Crippen LogP contribution in [0, 0.1) is 6.92 Å². The van der Waals surface area contributed by atoms with Gasteiger partial charge in [-0.15, -0.1) is 0 Å². The minimum absolute atomic E-state index is 0.0185. The molecule has 0 aliphatic carbocycles. The van der Waals surface area contributed by atoms with Gasteiger partial charge in [-0.2, -0.15) is 0 Å². The maximum Gasteiger partial charge on any atom is 0.124 e. The quantitative estimate of drug-likeness (QED) is 0.844. The van der Waals surface area contributed by atoms with Gasteiger partial charge in [0.1, 0.15) is 18.5 Å². The Morgan fingerprint density at radius 3 is 2.71 bits per heavy atom. The van der Waals surface area contributed by atoms with Crippen molar-refractivity contribution in [3.63, 3.8) is 0 Å². The molecule has 0 aromatic heterocycles. The van der Waals surface area contributed by atoms with Gasteiger partial charge in [0.2, 0.25) is 0 Å². The van der Waals surface area contributed by atoms with Crippen molar-refractivity contribution in [2.75, 3.05) is 45.9 Å². The Labute approximate surface area is 125 Å². The van der Waals surface area contributed by atoms with E-state index >= 15 is 0 Å². The SMILES string of the molecule is Cc1ccc2c(c1)C(N1CCN(CCO)CC1)C(O)CO2. The number of benzene rings is 1. The van der Waals surface area contributed by atoms with E-state index in [-0.39, 0.29) is 12.6 Å². The molecule has 2 heterocycles. The standard InChI is InChI=1S/C16H24N2O3/c1-12-2-3-15-13(10-12)16(14(20)11-21-15)18-6-4-17(5-7-18)8-9-19/h2-3,10,14,16,19-20H,4-9,11H2,1H3. The number of fused-ring (bicyclic) bond motifs is 1. The molecule has 1 aromatic carbocycles. The highest BCUT2D eigenvalue weighted by Crippen LogP contribution is 2.37. The summed E-state index contributed by atoms with van der Waals surface area (Å²) in [5, 5.41) is 19.4. The number of piperazine rings is 1. The zero-order valence-corrected chi connectivity index (χ0v) is 12.5. The van der Waals surface area contributed by atoms with Crippen LogP contribution in [0.2, 0.25) is 0 Å². The lowest BCUT2D eigenvalue weighted by molar-refractivity contribution is -0.0194. The van der Waals surface area contributed by atoms with Crippen LogP contribution in [0.5, 0.6) is 5.75 Å². The highest BCUT2D eigenvalue weighted by Gasteiger charge is 2.35. The Balaban J connectivity index is 1.78. The lowest BCUT2D eigenvalue weighted by Crippen LogP contribution is -2.52. The van der Waals surface area contributed by atoms with E-state index in [1.54, 1.807) is 0 Å². The molecule has 2 unspecified atom stereocenters. The van der Waals surface area contributed by atoms with Crippen LogP contribution in [0.4, 0.5) is 0 Å². The molecule has 5 nitrogen and oxygen atoms in total. The summed E-state index contributed by atoms with van der Waals surface area (Å²) in [5.41, 5.74) is 2.29. The maximum atomic E-state index is 10.4. The lowest BCUT2D eigenvalue weighted by Gasteiger charge is -2.43. The highest BCUT2D eigenvalue weighted by molar-refractivity contribution is 5.41. The highest BCUT2D eigenvalue weighted by atomic mass is 16.5. The van der Waals surface area contributed by atoms with Crippen molar-refractivity contribution < 1.29 is 14.9 Å². The molecule has 5 heteroatoms. The van der Waals surface area contributed by atoms with Gasteiger partial charge in [-0.1, -0.05) is 17.7 Å². The number of hydrogen-bond acceptors (Lipinski definition) is 5. The number of nitrogens with zero attached hydrogens (tertiary/aromatic N) is 2. The van der Waals surface area contributed by atoms with Crippen LogP contribution in [0.15, 0.2) is 18.2 Å². The lowest BCUT2D eigenvalue weighted by atomic mass is 9.94. The molecular weight excluding hydrogens is 268 g/mol. The minimum atomic E-state index is -0.483. The third kappa shape index (κ3) is 3.06. The van der Waals surface area contributed by atoms with Crippen LogP contribution in [0.1, 0.15) is 17.2 Å². The molecule has 116 valence electrons. The monoisotopic (exact) mass is 292 g/mol. The summed E-state index contributed by atoms with van der Waals surface area (Å²) in [6.45, 7) is 7.07. The average Bonchev–Trinajstić information content (AvgIpc) is 2.48. The first-order valence-corrected chi connectivity index (χ1v) is 7.67. The summed E-state index contributed by atoms with van der Waals surface area (Å²) < 4.78 is 5.65. The van der Waals surface area contributed by atoms with Crippen molar-refractivity contribution in [3.05, 3.63) is 29.3 Å². The second-order valence-electron chi connectivity index (χ2n) is 5.97. The van der Waals surface area contributed by atoms with Crippen molar-refractivity contribution >= 4 is 0 Å². The Morgan fingerprint density at radius 2 is 2.00 bits per heavy atom. The fourth-order valence-corrected chi connectivity index (χ4v) is 3.35. The van der Waals surface area contributed by atoms with Crippen LogP contribution in [0.25, 0.3) is 0 Å². The van der Waals surface area contributed by atoms with E-state index in [0.717, 1.165) is 44.0 Å². The average molecular weight is 292 g/mol. The Kier molecular flexibility index (Phi) is 4.45. The summed E-state index contributed by atoms with van der Waals surface area (Å²) in [6, 6.07) is 6.20. The molecule has 1 aromatic rings. The van der Waals surface area contributed by atoms with Gasteiger partial charge >= 0.3 is 0 Å². The molecule has 2 atom stereocenters. The predicted molar refractivity (Wildman–Crippen MR) is 80.5 cm³/mol. The van der Waals surface area contributed by atoms with Gasteiger partial charge in [-0.05, 0) is 13.0 Å². The van der Waals surface area contributed by atoms with E-state index in [1.165, 1.54) is 5.56 Å². The molecule has 21 heavy (non-hydrogen) atoms. The molecule has 0 saturated carbocycles. The number of hydrogen-bond donors (Lipinski definition) is 2. The van der Waals surface area contributed by atoms with Crippen molar-refractivity contribution in [1.29, 1.82) is 0 Å². The molecule has 2 aliphatic heterocycles. The van der Waals surface area contributed by atoms with E-state index < -0.39 is 6.10 Å². The van der Waals surface area contributed by atoms with E-state index in [4.69, 9.17) is 9.84 Å². The number of aliphatic hydroxyl groups excluding tert-OH is 2. The molecule has 0 amide bonds. The van der Waals surface area contributed by atoms with Gasteiger partial charge in [-0.25, -0.2) is 0 Å². The number of rotatable bonds is 3. The number of aryl methyl sites for hydroxylation is 1. The molecule has 0 bridgehead atoms. The fraction of sp³-hybridized carbons (Fsp3) is 0.625. The van der Waals surface area contributed by atoms with E-state index in [1.807, 2.05) is 12.1 Å². The smallest absolute Gasteiger partial charge is 0.124 e. The molecule has 2 aliphatic rings. The van der Waals surface area contributed by atoms with Gasteiger partial charge < -0.3 is 14.9 Å². The fourth-order valence-electron chi connectivity index (χ4n) is 3.35. The van der Waals surface area contributed by atoms with Crippen molar-refractivity contribution in [2.45, 2.75) is 19.1 Å². The third-order valence-electron chi connectivity index (χ3n) is 4.47. The van der Waals surface area contributed by atoms with Gasteiger partial charge in [-0.3, -0.25) is 9.80 Å². The third-order valence-corrected chi connectivity index (χ3v) is 4.47. The van der Waals surface area contributed by atoms with Gasteiger partial charge in [0.05, 0.1) is 12.6 Å². The first kappa shape index (κ1) is 14.8. The molecule has 3 rings (SSSR count). The number of ether oxygens (including phenoxy) is 1. The van der Waals surface area contributed by atoms with Crippen molar-refractivity contribution in [2.24, 2.45) is 0 Å². The Hall–Kier alpha value is -1.14. The minimum Gasteiger partial charge on any atom is -0.490 e. The largest absolute Gasteiger partial charge is 0.490 e. The van der Waals surface area contributed by atoms with Crippen LogP contribution >= 0.6 is 0 Å². The number of β-amino-alcohol motifs (C(OH)–C–C–N with tert-alkyl or cyclic N) is 1. The second kappa shape index (κ2) is 6.32. The van der Waals surface area contributed by atoms with Crippen LogP contribution in [0.3, 0.4) is 0 Å². The summed E-state index contributed by atoms with van der Waals surface area (Å²) >= 11 is 0. The van der Waals surface area contributed by atoms with Crippen LogP contribution in [-0.4, -0.2) is 72.1 Å². The van der Waals surface area contributed by atoms with Gasteiger partial charge in [0.25, 0.3) is 0 Å². The molecule has 1 fully saturated rings. The van der Waals surface area contributed by atoms with Crippen LogP contribution < -0.4 is 4.74 Å². The topological polar surface area (TPSA) is 56.2 Å². The van der Waals surface area contributed by atoms with Crippen molar-refractivity contribution in [1.82, 2.24) is 9.80 Å². The summed E-state index contributed by atoms with van der Waals surface area (Å²) in [6.07, 6.45) is -0.483. The van der Waals surface area contributed by atoms with E-state index in [0.29, 0.717) is 6.61 Å². The maximum absolute atomic E-state index is 10.4. The number of aliphatic hydroxyl groups is 2. The van der Waals surface area contributed by atoms with Gasteiger partial charge in [0, 0.05) is 38.3 Å². The summed E-state index contributed by atoms with van der Waals surface area (Å²) in [5.74, 6) is 0.897. The van der Waals surface area contributed by atoms with Crippen molar-refractivity contribution in [3.8, 4) is 5.75 Å². The van der Waals surface area contributed by atoms with Crippen LogP contribution in [-0.2, 0) is 0 Å². The molecule has 1 saturated heterocycles. The summed E-state index contributed by atoms with van der Waals surface area (Å²) in [7, 11) is 0. The predicted octanol–water partition coefficient (Wildman–Crippen LogP) is 0.399. The zero-order valence-electron chi connectivity index (χ0n) is 12.5. The Morgan fingerprint density at radius 1 is 1.24 bits per heavy atom. The first-order chi connectivity index (χ1) is 10.2.